The number of fused-ring (bicyclic) bond motifs is 1. The molecule has 0 aliphatic carbocycles. The van der Waals surface area contributed by atoms with Gasteiger partial charge in [0.05, 0.1) is 5.75 Å². The van der Waals surface area contributed by atoms with E-state index in [2.05, 4.69) is 17.1 Å². The van der Waals surface area contributed by atoms with Crippen molar-refractivity contribution in [3.8, 4) is 0 Å². The average molecular weight is 401 g/mol. The van der Waals surface area contributed by atoms with Crippen LogP contribution in [0.3, 0.4) is 0 Å². The summed E-state index contributed by atoms with van der Waals surface area (Å²) < 4.78 is 5.70. The SMILES string of the molecule is O=C(CSc1nc2ccccc2o1)N1CCCCC(c2ccc(Cl)cc2)C1. The average Bonchev–Trinajstić information content (AvgIpc) is 2.94. The third-order valence-corrected chi connectivity index (χ3v) is 6.02. The maximum absolute atomic E-state index is 12.8. The van der Waals surface area contributed by atoms with Gasteiger partial charge >= 0.3 is 0 Å². The van der Waals surface area contributed by atoms with Crippen LogP contribution in [0.15, 0.2) is 58.2 Å². The van der Waals surface area contributed by atoms with E-state index in [1.165, 1.54) is 17.3 Å². The Morgan fingerprint density at radius 2 is 2.00 bits per heavy atom. The molecule has 140 valence electrons. The summed E-state index contributed by atoms with van der Waals surface area (Å²) in [5.74, 6) is 0.853. The maximum atomic E-state index is 12.8. The number of hydrogen-bond donors (Lipinski definition) is 0. The first-order valence-electron chi connectivity index (χ1n) is 9.20. The standard InChI is InChI=1S/C21H21ClN2O2S/c22-17-10-8-15(9-11-17)16-5-3-4-12-24(13-16)20(25)14-27-21-23-18-6-1-2-7-19(18)26-21/h1-2,6-11,16H,3-5,12-14H2. The number of halogens is 1. The number of para-hydroxylation sites is 2. The second-order valence-electron chi connectivity index (χ2n) is 6.82. The third-order valence-electron chi connectivity index (χ3n) is 4.96. The molecule has 1 saturated heterocycles. The van der Waals surface area contributed by atoms with E-state index >= 15 is 0 Å². The van der Waals surface area contributed by atoms with Gasteiger partial charge in [-0.1, -0.05) is 54.0 Å². The fourth-order valence-corrected chi connectivity index (χ4v) is 4.37. The van der Waals surface area contributed by atoms with Crippen molar-refractivity contribution in [2.24, 2.45) is 0 Å². The Morgan fingerprint density at radius 1 is 1.19 bits per heavy atom. The highest BCUT2D eigenvalue weighted by molar-refractivity contribution is 7.99. The molecule has 3 aromatic rings. The molecule has 0 saturated carbocycles. The van der Waals surface area contributed by atoms with Crippen LogP contribution in [0, 0.1) is 0 Å². The first-order chi connectivity index (χ1) is 13.2. The minimum absolute atomic E-state index is 0.142. The second kappa shape index (κ2) is 8.36. The van der Waals surface area contributed by atoms with Crippen LogP contribution >= 0.6 is 23.4 Å². The van der Waals surface area contributed by atoms with Gasteiger partial charge in [0.25, 0.3) is 5.22 Å². The highest BCUT2D eigenvalue weighted by Crippen LogP contribution is 2.29. The fraction of sp³-hybridized carbons (Fsp3) is 0.333. The number of aromatic nitrogens is 1. The molecule has 2 aromatic carbocycles. The fourth-order valence-electron chi connectivity index (χ4n) is 3.50. The summed E-state index contributed by atoms with van der Waals surface area (Å²) in [6, 6.07) is 15.7. The van der Waals surface area contributed by atoms with Gasteiger partial charge in [-0.15, -0.1) is 0 Å². The largest absolute Gasteiger partial charge is 0.431 e. The lowest BCUT2D eigenvalue weighted by Gasteiger charge is -2.24. The van der Waals surface area contributed by atoms with E-state index in [1.54, 1.807) is 0 Å². The molecule has 1 aromatic heterocycles. The van der Waals surface area contributed by atoms with Crippen LogP contribution in [0.1, 0.15) is 30.7 Å². The van der Waals surface area contributed by atoms with Crippen molar-refractivity contribution in [1.29, 1.82) is 0 Å². The number of likely N-dealkylation sites (tertiary alicyclic amines) is 1. The zero-order valence-corrected chi connectivity index (χ0v) is 16.5. The van der Waals surface area contributed by atoms with E-state index < -0.39 is 0 Å². The molecule has 1 aliphatic heterocycles. The van der Waals surface area contributed by atoms with Crippen LogP contribution in [0.4, 0.5) is 0 Å². The number of carbonyl (C=O) groups excluding carboxylic acids is 1. The lowest BCUT2D eigenvalue weighted by molar-refractivity contribution is -0.128. The van der Waals surface area contributed by atoms with Crippen molar-refractivity contribution in [1.82, 2.24) is 9.88 Å². The molecule has 1 amide bonds. The maximum Gasteiger partial charge on any atom is 0.257 e. The smallest absolute Gasteiger partial charge is 0.257 e. The number of amides is 1. The summed E-state index contributed by atoms with van der Waals surface area (Å²) in [4.78, 5) is 19.2. The quantitative estimate of drug-likeness (QED) is 0.552. The first-order valence-corrected chi connectivity index (χ1v) is 10.6. The van der Waals surface area contributed by atoms with Crippen LogP contribution in [-0.4, -0.2) is 34.6 Å². The van der Waals surface area contributed by atoms with Crippen LogP contribution < -0.4 is 0 Å². The van der Waals surface area contributed by atoms with Gasteiger partial charge in [0.2, 0.25) is 5.91 Å². The summed E-state index contributed by atoms with van der Waals surface area (Å²) in [6.07, 6.45) is 3.28. The Hall–Kier alpha value is -1.98. The molecule has 0 bridgehead atoms. The molecule has 1 fully saturated rings. The molecule has 1 aliphatic rings. The van der Waals surface area contributed by atoms with Crippen molar-refractivity contribution in [3.63, 3.8) is 0 Å². The molecule has 0 N–H and O–H groups in total. The monoisotopic (exact) mass is 400 g/mol. The Balaban J connectivity index is 1.40. The molecule has 4 nitrogen and oxygen atoms in total. The van der Waals surface area contributed by atoms with Crippen LogP contribution in [-0.2, 0) is 4.79 Å². The molecule has 1 unspecified atom stereocenters. The normalized spacial score (nSPS) is 17.8. The Labute approximate surface area is 167 Å². The van der Waals surface area contributed by atoms with E-state index in [1.807, 2.05) is 41.3 Å². The molecular weight excluding hydrogens is 380 g/mol. The molecule has 2 heterocycles. The van der Waals surface area contributed by atoms with Crippen molar-refractivity contribution >= 4 is 40.4 Å². The van der Waals surface area contributed by atoms with Gasteiger partial charge in [-0.3, -0.25) is 4.79 Å². The molecule has 6 heteroatoms. The van der Waals surface area contributed by atoms with E-state index in [0.717, 1.165) is 48.5 Å². The van der Waals surface area contributed by atoms with Gasteiger partial charge in [0, 0.05) is 24.0 Å². The van der Waals surface area contributed by atoms with Gasteiger partial charge < -0.3 is 9.32 Å². The third kappa shape index (κ3) is 4.47. The van der Waals surface area contributed by atoms with Crippen LogP contribution in [0.2, 0.25) is 5.02 Å². The zero-order chi connectivity index (χ0) is 18.6. The van der Waals surface area contributed by atoms with Crippen LogP contribution in [0.25, 0.3) is 11.1 Å². The minimum atomic E-state index is 0.142. The number of nitrogens with zero attached hydrogens (tertiary/aromatic N) is 2. The van der Waals surface area contributed by atoms with Crippen molar-refractivity contribution < 1.29 is 9.21 Å². The Bertz CT molecular complexity index is 892. The summed E-state index contributed by atoms with van der Waals surface area (Å²) in [7, 11) is 0. The van der Waals surface area contributed by atoms with Gasteiger partial charge in [0.1, 0.15) is 5.52 Å². The number of carbonyl (C=O) groups is 1. The van der Waals surface area contributed by atoms with Gasteiger partial charge in [-0.2, -0.15) is 0 Å². The van der Waals surface area contributed by atoms with Crippen LogP contribution in [0.5, 0.6) is 0 Å². The lowest BCUT2D eigenvalue weighted by atomic mass is 9.94. The number of oxazole rings is 1. The lowest BCUT2D eigenvalue weighted by Crippen LogP contribution is -2.35. The predicted molar refractivity (Wildman–Crippen MR) is 109 cm³/mol. The summed E-state index contributed by atoms with van der Waals surface area (Å²) in [6.45, 7) is 1.58. The molecule has 0 radical (unpaired) electrons. The number of benzene rings is 2. The van der Waals surface area contributed by atoms with E-state index in [9.17, 15) is 4.79 Å². The number of hydrogen-bond acceptors (Lipinski definition) is 4. The highest BCUT2D eigenvalue weighted by atomic mass is 35.5. The molecule has 1 atom stereocenters. The van der Waals surface area contributed by atoms with Crippen molar-refractivity contribution in [2.75, 3.05) is 18.8 Å². The molecular formula is C21H21ClN2O2S. The van der Waals surface area contributed by atoms with E-state index in [-0.39, 0.29) is 5.91 Å². The summed E-state index contributed by atoms with van der Waals surface area (Å²) >= 11 is 7.38. The first kappa shape index (κ1) is 18.4. The zero-order valence-electron chi connectivity index (χ0n) is 14.9. The van der Waals surface area contributed by atoms with Gasteiger partial charge in [-0.25, -0.2) is 4.98 Å². The Morgan fingerprint density at radius 3 is 2.81 bits per heavy atom. The van der Waals surface area contributed by atoms with Gasteiger partial charge in [0.15, 0.2) is 5.58 Å². The Kier molecular flexibility index (Phi) is 5.69. The number of rotatable bonds is 4. The topological polar surface area (TPSA) is 46.3 Å². The molecule has 27 heavy (non-hydrogen) atoms. The van der Waals surface area contributed by atoms with Crippen molar-refractivity contribution in [3.05, 3.63) is 59.1 Å². The number of thioether (sulfide) groups is 1. The summed E-state index contributed by atoms with van der Waals surface area (Å²) in [5.41, 5.74) is 2.83. The summed E-state index contributed by atoms with van der Waals surface area (Å²) in [5, 5.41) is 1.30. The van der Waals surface area contributed by atoms with Crippen molar-refractivity contribution in [2.45, 2.75) is 30.4 Å². The predicted octanol–water partition coefficient (Wildman–Crippen LogP) is 5.37. The molecule has 0 spiro atoms. The van der Waals surface area contributed by atoms with E-state index in [4.69, 9.17) is 16.0 Å². The van der Waals surface area contributed by atoms with E-state index in [0.29, 0.717) is 16.9 Å². The highest BCUT2D eigenvalue weighted by Gasteiger charge is 2.23. The van der Waals surface area contributed by atoms with Gasteiger partial charge in [-0.05, 0) is 42.7 Å². The molecule has 4 rings (SSSR count). The minimum Gasteiger partial charge on any atom is -0.431 e. The second-order valence-corrected chi connectivity index (χ2v) is 8.18.